The van der Waals surface area contributed by atoms with Gasteiger partial charge < -0.3 is 0 Å². The molecule has 0 aliphatic heterocycles. The van der Waals surface area contributed by atoms with E-state index in [1.54, 1.807) is 6.20 Å². The minimum Gasteiger partial charge on any atom is -0.289 e. The Labute approximate surface area is 125 Å². The van der Waals surface area contributed by atoms with E-state index in [-0.39, 0.29) is 5.78 Å². The average molecular weight is 326 g/mol. The molecule has 0 amide bonds. The van der Waals surface area contributed by atoms with Crippen LogP contribution in [-0.2, 0) is 0 Å². The van der Waals surface area contributed by atoms with Gasteiger partial charge in [0.15, 0.2) is 5.78 Å². The van der Waals surface area contributed by atoms with E-state index in [9.17, 15) is 4.79 Å². The second-order valence-electron chi connectivity index (χ2n) is 4.66. The maximum absolute atomic E-state index is 12.8. The molecular formula is C17H12BrNO. The summed E-state index contributed by atoms with van der Waals surface area (Å²) in [4.78, 5) is 17.1. The van der Waals surface area contributed by atoms with Gasteiger partial charge in [-0.3, -0.25) is 9.78 Å². The van der Waals surface area contributed by atoms with Gasteiger partial charge in [-0.1, -0.05) is 40.2 Å². The minimum atomic E-state index is 0.0300. The van der Waals surface area contributed by atoms with Gasteiger partial charge in [-0.15, -0.1) is 0 Å². The van der Waals surface area contributed by atoms with Crippen molar-refractivity contribution in [1.82, 2.24) is 4.98 Å². The molecule has 0 unspecified atom stereocenters. The van der Waals surface area contributed by atoms with Gasteiger partial charge in [0, 0.05) is 27.2 Å². The van der Waals surface area contributed by atoms with Gasteiger partial charge in [-0.25, -0.2) is 0 Å². The summed E-state index contributed by atoms with van der Waals surface area (Å²) in [5.41, 5.74) is 3.22. The number of halogens is 1. The van der Waals surface area contributed by atoms with Crippen molar-refractivity contribution in [2.45, 2.75) is 6.92 Å². The molecule has 0 aliphatic rings. The highest BCUT2D eigenvalue weighted by Gasteiger charge is 2.15. The summed E-state index contributed by atoms with van der Waals surface area (Å²) in [6, 6.07) is 15.2. The Kier molecular flexibility index (Phi) is 3.36. The molecule has 3 heteroatoms. The fraction of sp³-hybridized carbons (Fsp3) is 0.0588. The molecule has 3 rings (SSSR count). The van der Waals surface area contributed by atoms with Crippen molar-refractivity contribution in [1.29, 1.82) is 0 Å². The lowest BCUT2D eigenvalue weighted by molar-refractivity contribution is 0.103. The predicted molar refractivity (Wildman–Crippen MR) is 84.1 cm³/mol. The van der Waals surface area contributed by atoms with Crippen LogP contribution in [0.4, 0.5) is 0 Å². The zero-order valence-electron chi connectivity index (χ0n) is 10.9. The van der Waals surface area contributed by atoms with Crippen molar-refractivity contribution < 1.29 is 4.79 Å². The van der Waals surface area contributed by atoms with Crippen LogP contribution in [0.2, 0.25) is 0 Å². The molecule has 0 spiro atoms. The van der Waals surface area contributed by atoms with Crippen molar-refractivity contribution in [3.63, 3.8) is 0 Å². The first-order valence-electron chi connectivity index (χ1n) is 6.31. The third-order valence-corrected chi connectivity index (χ3v) is 3.83. The maximum atomic E-state index is 12.8. The summed E-state index contributed by atoms with van der Waals surface area (Å²) in [7, 11) is 0. The monoisotopic (exact) mass is 325 g/mol. The van der Waals surface area contributed by atoms with Gasteiger partial charge >= 0.3 is 0 Å². The van der Waals surface area contributed by atoms with E-state index in [2.05, 4.69) is 20.9 Å². The summed E-state index contributed by atoms with van der Waals surface area (Å²) in [5, 5.41) is 0.888. The Morgan fingerprint density at radius 3 is 2.75 bits per heavy atom. The number of fused-ring (bicyclic) bond motifs is 1. The highest BCUT2D eigenvalue weighted by molar-refractivity contribution is 9.10. The lowest BCUT2D eigenvalue weighted by atomic mass is 9.96. The maximum Gasteiger partial charge on any atom is 0.194 e. The number of aryl methyl sites for hydroxylation is 1. The summed E-state index contributed by atoms with van der Waals surface area (Å²) in [5.74, 6) is 0.0300. The van der Waals surface area contributed by atoms with Crippen LogP contribution in [0.5, 0.6) is 0 Å². The van der Waals surface area contributed by atoms with E-state index in [1.807, 2.05) is 55.5 Å². The fourth-order valence-corrected chi connectivity index (χ4v) is 2.65. The molecule has 1 aromatic heterocycles. The quantitative estimate of drug-likeness (QED) is 0.647. The summed E-state index contributed by atoms with van der Waals surface area (Å²) in [6.07, 6.45) is 1.74. The number of nitrogens with zero attached hydrogens (tertiary/aromatic N) is 1. The normalized spacial score (nSPS) is 10.7. The van der Waals surface area contributed by atoms with Gasteiger partial charge in [0.25, 0.3) is 0 Å². The molecule has 20 heavy (non-hydrogen) atoms. The molecule has 0 fully saturated rings. The van der Waals surface area contributed by atoms with Gasteiger partial charge in [-0.05, 0) is 36.8 Å². The molecule has 0 saturated heterocycles. The van der Waals surface area contributed by atoms with Crippen molar-refractivity contribution in [2.24, 2.45) is 0 Å². The molecule has 0 atom stereocenters. The number of aromatic nitrogens is 1. The van der Waals surface area contributed by atoms with Crippen molar-refractivity contribution in [3.8, 4) is 0 Å². The molecule has 2 nitrogen and oxygen atoms in total. The Balaban J connectivity index is 2.20. The number of pyridine rings is 1. The average Bonchev–Trinajstić information content (AvgIpc) is 2.48. The number of hydrogen-bond acceptors (Lipinski definition) is 2. The van der Waals surface area contributed by atoms with E-state index < -0.39 is 0 Å². The van der Waals surface area contributed by atoms with Crippen molar-refractivity contribution in [3.05, 3.63) is 75.9 Å². The van der Waals surface area contributed by atoms with Gasteiger partial charge in [0.2, 0.25) is 0 Å². The van der Waals surface area contributed by atoms with Crippen molar-refractivity contribution >= 4 is 32.6 Å². The summed E-state index contributed by atoms with van der Waals surface area (Å²) in [6.45, 7) is 1.95. The Morgan fingerprint density at radius 2 is 1.90 bits per heavy atom. The molecule has 0 radical (unpaired) electrons. The Morgan fingerprint density at radius 1 is 1.05 bits per heavy atom. The second-order valence-corrected chi connectivity index (χ2v) is 5.58. The third kappa shape index (κ3) is 2.25. The Bertz CT molecular complexity index is 806. The van der Waals surface area contributed by atoms with Crippen LogP contribution in [0, 0.1) is 6.92 Å². The highest BCUT2D eigenvalue weighted by atomic mass is 79.9. The number of benzene rings is 2. The summed E-state index contributed by atoms with van der Waals surface area (Å²) >= 11 is 3.42. The van der Waals surface area contributed by atoms with Crippen LogP contribution in [0.15, 0.2) is 59.2 Å². The first-order chi connectivity index (χ1) is 9.66. The highest BCUT2D eigenvalue weighted by Crippen LogP contribution is 2.23. The number of ketones is 1. The van der Waals surface area contributed by atoms with E-state index in [4.69, 9.17) is 0 Å². The molecule has 0 saturated carbocycles. The smallest absolute Gasteiger partial charge is 0.194 e. The van der Waals surface area contributed by atoms with Crippen molar-refractivity contribution in [2.75, 3.05) is 0 Å². The topological polar surface area (TPSA) is 30.0 Å². The second kappa shape index (κ2) is 5.17. The van der Waals surface area contributed by atoms with E-state index in [0.29, 0.717) is 5.56 Å². The van der Waals surface area contributed by atoms with Crippen LogP contribution < -0.4 is 0 Å². The molecule has 98 valence electrons. The zero-order chi connectivity index (χ0) is 14.1. The fourth-order valence-electron chi connectivity index (χ4n) is 2.29. The van der Waals surface area contributed by atoms with E-state index >= 15 is 0 Å². The van der Waals surface area contributed by atoms with Gasteiger partial charge in [0.1, 0.15) is 0 Å². The largest absolute Gasteiger partial charge is 0.289 e. The van der Waals surface area contributed by atoms with Crippen LogP contribution in [0.1, 0.15) is 21.5 Å². The molecule has 0 N–H and O–H groups in total. The van der Waals surface area contributed by atoms with Crippen LogP contribution in [0.3, 0.4) is 0 Å². The third-order valence-electron chi connectivity index (χ3n) is 3.33. The number of hydrogen-bond donors (Lipinski definition) is 0. The van der Waals surface area contributed by atoms with Gasteiger partial charge in [-0.2, -0.15) is 0 Å². The first kappa shape index (κ1) is 13.0. The lowest BCUT2D eigenvalue weighted by Crippen LogP contribution is -2.04. The van der Waals surface area contributed by atoms with Crippen LogP contribution >= 0.6 is 15.9 Å². The van der Waals surface area contributed by atoms with E-state index in [0.717, 1.165) is 26.5 Å². The summed E-state index contributed by atoms with van der Waals surface area (Å²) < 4.78 is 0.907. The van der Waals surface area contributed by atoms with E-state index in [1.165, 1.54) is 0 Å². The molecule has 3 aromatic rings. The standard InChI is InChI=1S/C17H12BrNO/c1-11-7-8-12(18)10-15(11)17(20)14-4-2-6-16-13(14)5-3-9-19-16/h2-10H,1H3. The van der Waals surface area contributed by atoms with Crippen LogP contribution in [-0.4, -0.2) is 10.8 Å². The van der Waals surface area contributed by atoms with Crippen LogP contribution in [0.25, 0.3) is 10.9 Å². The van der Waals surface area contributed by atoms with Gasteiger partial charge in [0.05, 0.1) is 5.52 Å². The molecule has 2 aromatic carbocycles. The number of rotatable bonds is 2. The predicted octanol–water partition coefficient (Wildman–Crippen LogP) is 4.54. The molecule has 0 bridgehead atoms. The number of carbonyl (C=O) groups excluding carboxylic acids is 1. The molecule has 1 heterocycles. The first-order valence-corrected chi connectivity index (χ1v) is 7.11. The molecular weight excluding hydrogens is 314 g/mol. The molecule has 0 aliphatic carbocycles. The Hall–Kier alpha value is -2.00. The number of carbonyl (C=O) groups is 1. The zero-order valence-corrected chi connectivity index (χ0v) is 12.5. The lowest BCUT2D eigenvalue weighted by Gasteiger charge is -2.08. The minimum absolute atomic E-state index is 0.0300. The SMILES string of the molecule is Cc1ccc(Br)cc1C(=O)c1cccc2ncccc12.